The van der Waals surface area contributed by atoms with Gasteiger partial charge in [-0.3, -0.25) is 0 Å². The highest BCUT2D eigenvalue weighted by molar-refractivity contribution is 9.09. The van der Waals surface area contributed by atoms with Gasteiger partial charge in [0.1, 0.15) is 0 Å². The van der Waals surface area contributed by atoms with Gasteiger partial charge in [-0.25, -0.2) is 0 Å². The number of benzene rings is 1. The van der Waals surface area contributed by atoms with Crippen molar-refractivity contribution in [1.29, 1.82) is 0 Å². The fraction of sp³-hybridized carbons (Fsp3) is 0.231. The van der Waals surface area contributed by atoms with Crippen LogP contribution in [0.1, 0.15) is 25.7 Å². The Bertz CT molecular complexity index is 425. The molecule has 0 spiro atoms. The van der Waals surface area contributed by atoms with Crippen molar-refractivity contribution < 1.29 is 0 Å². The monoisotopic (exact) mass is 280 g/mol. The highest BCUT2D eigenvalue weighted by atomic mass is 79.9. The Kier molecular flexibility index (Phi) is 3.27. The second-order valence-electron chi connectivity index (χ2n) is 3.66. The lowest BCUT2D eigenvalue weighted by atomic mass is 10.1. The van der Waals surface area contributed by atoms with E-state index in [1.165, 1.54) is 20.9 Å². The predicted octanol–water partition coefficient (Wildman–Crippen LogP) is 4.85. The maximum absolute atomic E-state index is 3.75. The number of thiophene rings is 1. The lowest BCUT2D eigenvalue weighted by molar-refractivity contribution is 1.22. The molecule has 1 heterocycles. The molecule has 0 bridgehead atoms. The molecular formula is C13H13BrS. The average Bonchev–Trinajstić information content (AvgIpc) is 2.59. The first-order valence-corrected chi connectivity index (χ1v) is 6.67. The van der Waals surface area contributed by atoms with Crippen LogP contribution in [0.4, 0.5) is 0 Å². The van der Waals surface area contributed by atoms with E-state index >= 15 is 0 Å². The van der Waals surface area contributed by atoms with Gasteiger partial charge in [0.05, 0.1) is 4.83 Å². The zero-order chi connectivity index (χ0) is 10.8. The fourth-order valence-electron chi connectivity index (χ4n) is 1.51. The molecule has 0 amide bonds. The summed E-state index contributed by atoms with van der Waals surface area (Å²) in [6, 6.07) is 12.8. The van der Waals surface area contributed by atoms with E-state index in [0.29, 0.717) is 4.83 Å². The topological polar surface area (TPSA) is 0 Å². The van der Waals surface area contributed by atoms with Crippen molar-refractivity contribution in [3.8, 4) is 0 Å². The third-order valence-corrected chi connectivity index (χ3v) is 5.07. The van der Waals surface area contributed by atoms with E-state index in [0.717, 1.165) is 0 Å². The number of hydrogen-bond acceptors (Lipinski definition) is 1. The first-order chi connectivity index (χ1) is 7.18. The van der Waals surface area contributed by atoms with E-state index in [1.54, 1.807) is 0 Å². The van der Waals surface area contributed by atoms with E-state index in [2.05, 4.69) is 60.1 Å². The van der Waals surface area contributed by atoms with Crippen LogP contribution in [0.2, 0.25) is 0 Å². The largest absolute Gasteiger partial charge is 0.144 e. The van der Waals surface area contributed by atoms with Crippen LogP contribution in [0.25, 0.3) is 0 Å². The minimum atomic E-state index is 0.330. The molecule has 0 saturated carbocycles. The maximum atomic E-state index is 3.75. The Hall–Kier alpha value is -0.600. The van der Waals surface area contributed by atoms with Crippen LogP contribution in [0, 0.1) is 13.8 Å². The minimum Gasteiger partial charge on any atom is -0.144 e. The van der Waals surface area contributed by atoms with Crippen LogP contribution in [0.15, 0.2) is 36.4 Å². The second kappa shape index (κ2) is 4.50. The van der Waals surface area contributed by atoms with E-state index < -0.39 is 0 Å². The molecule has 78 valence electrons. The quantitative estimate of drug-likeness (QED) is 0.690. The third-order valence-electron chi connectivity index (χ3n) is 2.53. The van der Waals surface area contributed by atoms with Crippen LogP contribution < -0.4 is 0 Å². The summed E-state index contributed by atoms with van der Waals surface area (Å²) in [5.74, 6) is 0. The van der Waals surface area contributed by atoms with Crippen molar-refractivity contribution in [2.24, 2.45) is 0 Å². The first-order valence-electron chi connectivity index (χ1n) is 4.94. The molecule has 0 aliphatic heterocycles. The summed E-state index contributed by atoms with van der Waals surface area (Å²) in [6.07, 6.45) is 0. The van der Waals surface area contributed by atoms with Crippen LogP contribution in [0.5, 0.6) is 0 Å². The van der Waals surface area contributed by atoms with Gasteiger partial charge >= 0.3 is 0 Å². The number of alkyl halides is 1. The molecule has 2 aromatic rings. The molecule has 1 aromatic heterocycles. The molecule has 0 aliphatic carbocycles. The van der Waals surface area contributed by atoms with Gasteiger partial charge in [-0.1, -0.05) is 46.3 Å². The summed E-state index contributed by atoms with van der Waals surface area (Å²) >= 11 is 5.62. The van der Waals surface area contributed by atoms with Crippen molar-refractivity contribution in [3.05, 3.63) is 57.3 Å². The Morgan fingerprint density at radius 1 is 1.13 bits per heavy atom. The Morgan fingerprint density at radius 3 is 2.33 bits per heavy atom. The van der Waals surface area contributed by atoms with Gasteiger partial charge in [0, 0.05) is 9.75 Å². The van der Waals surface area contributed by atoms with Crippen molar-refractivity contribution in [3.63, 3.8) is 0 Å². The number of aryl methyl sites for hydroxylation is 2. The number of rotatable bonds is 2. The Balaban J connectivity index is 2.32. The normalized spacial score (nSPS) is 12.7. The van der Waals surface area contributed by atoms with Gasteiger partial charge in [-0.05, 0) is 31.0 Å². The summed E-state index contributed by atoms with van der Waals surface area (Å²) in [7, 11) is 0. The molecule has 0 N–H and O–H groups in total. The molecule has 0 saturated heterocycles. The zero-order valence-electron chi connectivity index (χ0n) is 8.83. The standard InChI is InChI=1S/C13H13BrS/c1-9-8-12(15-10(9)2)13(14)11-6-4-3-5-7-11/h3-8,13H,1-2H3. The summed E-state index contributed by atoms with van der Waals surface area (Å²) in [5.41, 5.74) is 2.70. The highest BCUT2D eigenvalue weighted by Crippen LogP contribution is 2.36. The molecule has 0 fully saturated rings. The molecule has 0 nitrogen and oxygen atoms in total. The van der Waals surface area contributed by atoms with Crippen LogP contribution in [-0.2, 0) is 0 Å². The maximum Gasteiger partial charge on any atom is 0.0738 e. The number of hydrogen-bond donors (Lipinski definition) is 0. The summed E-state index contributed by atoms with van der Waals surface area (Å²) in [5, 5.41) is 0. The number of halogens is 1. The van der Waals surface area contributed by atoms with Crippen LogP contribution >= 0.6 is 27.3 Å². The van der Waals surface area contributed by atoms with Crippen molar-refractivity contribution in [2.75, 3.05) is 0 Å². The Labute approximate surface area is 103 Å². The first kappa shape index (κ1) is 10.9. The van der Waals surface area contributed by atoms with Crippen molar-refractivity contribution in [2.45, 2.75) is 18.7 Å². The molecule has 1 unspecified atom stereocenters. The third kappa shape index (κ3) is 2.32. The molecular weight excluding hydrogens is 268 g/mol. The molecule has 0 radical (unpaired) electrons. The van der Waals surface area contributed by atoms with E-state index in [1.807, 2.05) is 17.4 Å². The van der Waals surface area contributed by atoms with Gasteiger partial charge < -0.3 is 0 Å². The lowest BCUT2D eigenvalue weighted by Crippen LogP contribution is -1.87. The average molecular weight is 281 g/mol. The van der Waals surface area contributed by atoms with Gasteiger partial charge in [0.15, 0.2) is 0 Å². The zero-order valence-corrected chi connectivity index (χ0v) is 11.2. The summed E-state index contributed by atoms with van der Waals surface area (Å²) in [6.45, 7) is 4.34. The molecule has 1 atom stereocenters. The predicted molar refractivity (Wildman–Crippen MR) is 71.0 cm³/mol. The van der Waals surface area contributed by atoms with Gasteiger partial charge in [0.25, 0.3) is 0 Å². The fourth-order valence-corrected chi connectivity index (χ4v) is 3.28. The van der Waals surface area contributed by atoms with Crippen LogP contribution in [-0.4, -0.2) is 0 Å². The van der Waals surface area contributed by atoms with E-state index in [-0.39, 0.29) is 0 Å². The Morgan fingerprint density at radius 2 is 1.80 bits per heavy atom. The lowest BCUT2D eigenvalue weighted by Gasteiger charge is -2.06. The van der Waals surface area contributed by atoms with Crippen molar-refractivity contribution >= 4 is 27.3 Å². The molecule has 2 rings (SSSR count). The minimum absolute atomic E-state index is 0.330. The summed E-state index contributed by atoms with van der Waals surface area (Å²) in [4.78, 5) is 3.12. The van der Waals surface area contributed by atoms with Gasteiger partial charge in [-0.15, -0.1) is 11.3 Å². The van der Waals surface area contributed by atoms with E-state index in [9.17, 15) is 0 Å². The molecule has 0 aliphatic rings. The molecule has 2 heteroatoms. The molecule has 1 aromatic carbocycles. The summed E-state index contributed by atoms with van der Waals surface area (Å²) < 4.78 is 0. The van der Waals surface area contributed by atoms with Gasteiger partial charge in [0.2, 0.25) is 0 Å². The van der Waals surface area contributed by atoms with Gasteiger partial charge in [-0.2, -0.15) is 0 Å². The smallest absolute Gasteiger partial charge is 0.0738 e. The van der Waals surface area contributed by atoms with Crippen LogP contribution in [0.3, 0.4) is 0 Å². The molecule has 15 heavy (non-hydrogen) atoms. The van der Waals surface area contributed by atoms with Crippen molar-refractivity contribution in [1.82, 2.24) is 0 Å². The van der Waals surface area contributed by atoms with E-state index in [4.69, 9.17) is 0 Å². The second-order valence-corrected chi connectivity index (χ2v) is 5.86. The highest BCUT2D eigenvalue weighted by Gasteiger charge is 2.12. The SMILES string of the molecule is Cc1cc(C(Br)c2ccccc2)sc1C.